The Labute approximate surface area is 217 Å². The highest BCUT2D eigenvalue weighted by molar-refractivity contribution is 6.02. The summed E-state index contributed by atoms with van der Waals surface area (Å²) in [6.45, 7) is 3.69. The number of rotatable bonds is 7. The SMILES string of the molecule is CCCC(C(=O)O)N1C(=O)c2cc(-c3ccc(NC(=O)Nc4cccc(C(F)(F)F)c4)cc3)ccc2[C@@H]1C. The minimum Gasteiger partial charge on any atom is -0.480 e. The smallest absolute Gasteiger partial charge is 0.416 e. The van der Waals surface area contributed by atoms with Crippen LogP contribution in [-0.4, -0.2) is 34.0 Å². The monoisotopic (exact) mass is 525 g/mol. The van der Waals surface area contributed by atoms with Crippen molar-refractivity contribution in [3.05, 3.63) is 83.4 Å². The number of urea groups is 1. The Kier molecular flexibility index (Phi) is 7.43. The zero-order valence-electron chi connectivity index (χ0n) is 20.7. The highest BCUT2D eigenvalue weighted by Crippen LogP contribution is 2.38. The number of carbonyl (C=O) groups is 3. The van der Waals surface area contributed by atoms with Crippen LogP contribution in [0.1, 0.15) is 54.2 Å². The number of aliphatic carboxylic acids is 1. The molecule has 0 radical (unpaired) electrons. The van der Waals surface area contributed by atoms with E-state index in [9.17, 15) is 32.7 Å². The van der Waals surface area contributed by atoms with Gasteiger partial charge in [-0.1, -0.05) is 43.7 Å². The molecule has 2 atom stereocenters. The van der Waals surface area contributed by atoms with Gasteiger partial charge in [-0.2, -0.15) is 13.2 Å². The highest BCUT2D eigenvalue weighted by atomic mass is 19.4. The fourth-order valence-corrected chi connectivity index (χ4v) is 4.63. The number of amides is 3. The van der Waals surface area contributed by atoms with Crippen LogP contribution in [0.3, 0.4) is 0 Å². The number of carboxylic acid groups (broad SMARTS) is 1. The molecule has 0 spiro atoms. The largest absolute Gasteiger partial charge is 0.480 e. The maximum atomic E-state index is 13.2. The normalized spacial score (nSPS) is 15.7. The maximum absolute atomic E-state index is 13.2. The molecule has 3 aromatic rings. The van der Waals surface area contributed by atoms with E-state index in [1.807, 2.05) is 26.0 Å². The second kappa shape index (κ2) is 10.6. The van der Waals surface area contributed by atoms with E-state index >= 15 is 0 Å². The van der Waals surface area contributed by atoms with Gasteiger partial charge in [-0.05, 0) is 66.4 Å². The van der Waals surface area contributed by atoms with Crippen molar-refractivity contribution in [2.75, 3.05) is 10.6 Å². The Morgan fingerprint density at radius 1 is 0.974 bits per heavy atom. The van der Waals surface area contributed by atoms with Gasteiger partial charge in [-0.25, -0.2) is 9.59 Å². The van der Waals surface area contributed by atoms with Crippen LogP contribution in [0.25, 0.3) is 11.1 Å². The van der Waals surface area contributed by atoms with Crippen LogP contribution in [0.15, 0.2) is 66.7 Å². The third kappa shape index (κ3) is 5.49. The van der Waals surface area contributed by atoms with Gasteiger partial charge in [-0.15, -0.1) is 0 Å². The lowest BCUT2D eigenvalue weighted by Crippen LogP contribution is -2.42. The Bertz CT molecular complexity index is 1370. The van der Waals surface area contributed by atoms with Gasteiger partial charge in [0.05, 0.1) is 11.6 Å². The molecular weight excluding hydrogens is 499 g/mol. The summed E-state index contributed by atoms with van der Waals surface area (Å²) in [5, 5.41) is 14.6. The number of nitrogens with one attached hydrogen (secondary N) is 2. The molecule has 0 bridgehead atoms. The zero-order valence-corrected chi connectivity index (χ0v) is 20.7. The van der Waals surface area contributed by atoms with Gasteiger partial charge in [-0.3, -0.25) is 4.79 Å². The van der Waals surface area contributed by atoms with Gasteiger partial charge in [0.2, 0.25) is 0 Å². The molecule has 0 fully saturated rings. The molecule has 1 unspecified atom stereocenters. The highest BCUT2D eigenvalue weighted by Gasteiger charge is 2.41. The minimum atomic E-state index is -4.52. The summed E-state index contributed by atoms with van der Waals surface area (Å²) in [7, 11) is 0. The van der Waals surface area contributed by atoms with Crippen molar-refractivity contribution in [3.63, 3.8) is 0 Å². The first-order chi connectivity index (χ1) is 18.0. The van der Waals surface area contributed by atoms with Gasteiger partial charge >= 0.3 is 18.2 Å². The number of benzene rings is 3. The molecule has 1 aliphatic rings. The van der Waals surface area contributed by atoms with Gasteiger partial charge in [0.1, 0.15) is 6.04 Å². The van der Waals surface area contributed by atoms with E-state index in [4.69, 9.17) is 0 Å². The molecule has 1 heterocycles. The lowest BCUT2D eigenvalue weighted by atomic mass is 9.98. The molecule has 0 saturated heterocycles. The number of fused-ring (bicyclic) bond motifs is 1. The Morgan fingerprint density at radius 2 is 1.63 bits per heavy atom. The minimum absolute atomic E-state index is 0.00380. The molecule has 0 aromatic heterocycles. The topological polar surface area (TPSA) is 98.7 Å². The molecular formula is C28H26F3N3O4. The first kappa shape index (κ1) is 26.7. The number of nitrogens with zero attached hydrogens (tertiary/aromatic N) is 1. The number of carbonyl (C=O) groups excluding carboxylic acids is 2. The maximum Gasteiger partial charge on any atom is 0.416 e. The van der Waals surface area contributed by atoms with Crippen LogP contribution >= 0.6 is 0 Å². The van der Waals surface area contributed by atoms with Crippen molar-refractivity contribution in [1.82, 2.24) is 4.90 Å². The number of alkyl halides is 3. The van der Waals surface area contributed by atoms with Gasteiger partial charge in [0, 0.05) is 16.9 Å². The van der Waals surface area contributed by atoms with Crippen LogP contribution < -0.4 is 10.6 Å². The van der Waals surface area contributed by atoms with Crippen LogP contribution in [-0.2, 0) is 11.0 Å². The predicted molar refractivity (Wildman–Crippen MR) is 137 cm³/mol. The summed E-state index contributed by atoms with van der Waals surface area (Å²) < 4.78 is 38.7. The average molecular weight is 526 g/mol. The predicted octanol–water partition coefficient (Wildman–Crippen LogP) is 6.79. The van der Waals surface area contributed by atoms with E-state index < -0.39 is 29.8 Å². The van der Waals surface area contributed by atoms with Crippen LogP contribution in [0.5, 0.6) is 0 Å². The third-order valence-electron chi connectivity index (χ3n) is 6.49. The molecule has 198 valence electrons. The summed E-state index contributed by atoms with van der Waals surface area (Å²) in [4.78, 5) is 38.7. The number of anilines is 2. The van der Waals surface area contributed by atoms with Crippen molar-refractivity contribution >= 4 is 29.3 Å². The molecule has 0 saturated carbocycles. The lowest BCUT2D eigenvalue weighted by molar-refractivity contribution is -0.143. The van der Waals surface area contributed by atoms with E-state index in [-0.39, 0.29) is 17.6 Å². The molecule has 7 nitrogen and oxygen atoms in total. The molecule has 3 amide bonds. The van der Waals surface area contributed by atoms with Crippen molar-refractivity contribution in [2.45, 2.75) is 44.9 Å². The summed E-state index contributed by atoms with van der Waals surface area (Å²) in [5.41, 5.74) is 2.29. The molecule has 4 rings (SSSR count). The number of halogens is 3. The van der Waals surface area contributed by atoms with Crippen molar-refractivity contribution in [2.24, 2.45) is 0 Å². The second-order valence-corrected chi connectivity index (χ2v) is 9.07. The number of hydrogen-bond donors (Lipinski definition) is 3. The lowest BCUT2D eigenvalue weighted by Gasteiger charge is -2.28. The van der Waals surface area contributed by atoms with Gasteiger partial charge < -0.3 is 20.6 Å². The second-order valence-electron chi connectivity index (χ2n) is 9.07. The first-order valence-corrected chi connectivity index (χ1v) is 12.0. The van der Waals surface area contributed by atoms with E-state index in [1.165, 1.54) is 17.0 Å². The van der Waals surface area contributed by atoms with Crippen LogP contribution in [0, 0.1) is 0 Å². The Hall–Kier alpha value is -4.34. The zero-order chi connectivity index (χ0) is 27.6. The standard InChI is InChI=1S/C28H26F3N3O4/c1-3-5-24(26(36)37)34-16(2)22-13-10-18(14-23(22)25(34)35)17-8-11-20(12-9-17)32-27(38)33-21-7-4-6-19(15-21)28(29,30)31/h4,6-16,24H,3,5H2,1-2H3,(H,36,37)(H2,32,33,38)/t16-,24?/m0/s1. The van der Waals surface area contributed by atoms with E-state index in [1.54, 1.807) is 30.3 Å². The quantitative estimate of drug-likeness (QED) is 0.316. The first-order valence-electron chi connectivity index (χ1n) is 12.0. The number of hydrogen-bond acceptors (Lipinski definition) is 3. The van der Waals surface area contributed by atoms with Gasteiger partial charge in [0.25, 0.3) is 5.91 Å². The number of carboxylic acids is 1. The molecule has 3 aromatic carbocycles. The van der Waals surface area contributed by atoms with Crippen LogP contribution in [0.4, 0.5) is 29.3 Å². The summed E-state index contributed by atoms with van der Waals surface area (Å²) >= 11 is 0. The van der Waals surface area contributed by atoms with E-state index in [0.29, 0.717) is 24.1 Å². The Balaban J connectivity index is 1.47. The average Bonchev–Trinajstić information content (AvgIpc) is 3.11. The van der Waals surface area contributed by atoms with Crippen molar-refractivity contribution in [3.8, 4) is 11.1 Å². The van der Waals surface area contributed by atoms with Crippen molar-refractivity contribution < 1.29 is 32.7 Å². The molecule has 1 aliphatic heterocycles. The summed E-state index contributed by atoms with van der Waals surface area (Å²) in [5.74, 6) is -1.35. The summed E-state index contributed by atoms with van der Waals surface area (Å²) in [6, 6.07) is 14.5. The van der Waals surface area contributed by atoms with Crippen LogP contribution in [0.2, 0.25) is 0 Å². The van der Waals surface area contributed by atoms with E-state index in [2.05, 4.69) is 10.6 Å². The fourth-order valence-electron chi connectivity index (χ4n) is 4.63. The summed E-state index contributed by atoms with van der Waals surface area (Å²) in [6.07, 6.45) is -3.52. The van der Waals surface area contributed by atoms with Gasteiger partial charge in [0.15, 0.2) is 0 Å². The molecule has 3 N–H and O–H groups in total. The Morgan fingerprint density at radius 3 is 2.26 bits per heavy atom. The fraction of sp³-hybridized carbons (Fsp3) is 0.250. The molecule has 0 aliphatic carbocycles. The van der Waals surface area contributed by atoms with Crippen molar-refractivity contribution in [1.29, 1.82) is 0 Å². The van der Waals surface area contributed by atoms with E-state index in [0.717, 1.165) is 28.8 Å². The molecule has 10 heteroatoms. The molecule has 38 heavy (non-hydrogen) atoms. The third-order valence-corrected chi connectivity index (χ3v) is 6.49.